The van der Waals surface area contributed by atoms with Crippen LogP contribution < -0.4 is 4.74 Å². The van der Waals surface area contributed by atoms with Crippen LogP contribution in [0.3, 0.4) is 0 Å². The quantitative estimate of drug-likeness (QED) is 0.471. The fourth-order valence-electron chi connectivity index (χ4n) is 5.88. The zero-order valence-electron chi connectivity index (χ0n) is 19.6. The maximum Gasteiger partial charge on any atom is 0.486 e. The van der Waals surface area contributed by atoms with Crippen LogP contribution in [0.25, 0.3) is 6.08 Å². The highest BCUT2D eigenvalue weighted by Crippen LogP contribution is 2.65. The summed E-state index contributed by atoms with van der Waals surface area (Å²) in [4.78, 5) is 16.5. The molecule has 6 rings (SSSR count). The Bertz CT molecular complexity index is 1070. The number of methoxy groups -OCH3 is 1. The highest BCUT2D eigenvalue weighted by molar-refractivity contribution is 6.52. The average molecular weight is 447 g/mol. The molecule has 0 amide bonds. The van der Waals surface area contributed by atoms with E-state index >= 15 is 0 Å². The van der Waals surface area contributed by atoms with Crippen molar-refractivity contribution in [3.63, 3.8) is 0 Å². The summed E-state index contributed by atoms with van der Waals surface area (Å²) in [6.07, 6.45) is 5.83. The average Bonchev–Trinajstić information content (AvgIpc) is 3.17. The Morgan fingerprint density at radius 2 is 2.00 bits per heavy atom. The molecule has 0 spiro atoms. The number of nitrogens with zero attached hydrogens (tertiary/aromatic N) is 1. The summed E-state index contributed by atoms with van der Waals surface area (Å²) >= 11 is 0. The van der Waals surface area contributed by atoms with Gasteiger partial charge in [0.1, 0.15) is 6.61 Å². The molecule has 33 heavy (non-hydrogen) atoms. The molecule has 2 bridgehead atoms. The molecule has 2 unspecified atom stereocenters. The normalized spacial score (nSPS) is 29.5. The van der Waals surface area contributed by atoms with Crippen LogP contribution in [0.4, 0.5) is 0 Å². The van der Waals surface area contributed by atoms with Gasteiger partial charge in [0, 0.05) is 11.8 Å². The number of pyridine rings is 1. The Morgan fingerprint density at radius 1 is 1.21 bits per heavy atom. The lowest BCUT2D eigenvalue weighted by atomic mass is 9.43. The highest BCUT2D eigenvalue weighted by atomic mass is 16.7. The Kier molecular flexibility index (Phi) is 5.57. The van der Waals surface area contributed by atoms with Gasteiger partial charge in [-0.3, -0.25) is 0 Å². The molecule has 7 heteroatoms. The van der Waals surface area contributed by atoms with Crippen molar-refractivity contribution < 1.29 is 23.6 Å². The standard InChI is InChI=1S/C26H30BNO5/c1-25(2)19-14-20(25)26(3)21(15-19)32-27(33-26)12-10-18-11-13-28-22(24(29)30-4)23(18)31-16-17-8-6-5-7-9-17/h5-13,19-21H,14-16H2,1-4H3/b12-10-/t19?,20-,21?,26+/m1/s1. The molecule has 1 aromatic heterocycles. The number of hydrogen-bond acceptors (Lipinski definition) is 6. The summed E-state index contributed by atoms with van der Waals surface area (Å²) in [7, 11) is 0.898. The molecule has 3 saturated carbocycles. The zero-order valence-corrected chi connectivity index (χ0v) is 19.6. The van der Waals surface area contributed by atoms with E-state index < -0.39 is 13.1 Å². The van der Waals surface area contributed by atoms with E-state index in [1.54, 1.807) is 6.20 Å². The van der Waals surface area contributed by atoms with Gasteiger partial charge < -0.3 is 18.8 Å². The fraction of sp³-hybridized carbons (Fsp3) is 0.462. The first kappa shape index (κ1) is 22.2. The van der Waals surface area contributed by atoms with Gasteiger partial charge in [0.25, 0.3) is 0 Å². The van der Waals surface area contributed by atoms with Crippen molar-refractivity contribution in [2.24, 2.45) is 17.3 Å². The van der Waals surface area contributed by atoms with E-state index in [9.17, 15) is 4.79 Å². The molecule has 4 fully saturated rings. The lowest BCUT2D eigenvalue weighted by molar-refractivity contribution is -0.199. The van der Waals surface area contributed by atoms with Crippen molar-refractivity contribution in [2.75, 3.05) is 7.11 Å². The molecular formula is C26H30BNO5. The number of esters is 1. The smallest absolute Gasteiger partial charge is 0.486 e. The summed E-state index contributed by atoms with van der Waals surface area (Å²) in [5.74, 6) is 2.95. The Labute approximate surface area is 195 Å². The van der Waals surface area contributed by atoms with Gasteiger partial charge in [-0.2, -0.15) is 0 Å². The van der Waals surface area contributed by atoms with Crippen molar-refractivity contribution in [3.05, 3.63) is 65.4 Å². The van der Waals surface area contributed by atoms with E-state index in [0.29, 0.717) is 29.6 Å². The van der Waals surface area contributed by atoms with Crippen LogP contribution in [-0.4, -0.2) is 36.9 Å². The van der Waals surface area contributed by atoms with E-state index in [-0.39, 0.29) is 17.4 Å². The van der Waals surface area contributed by atoms with E-state index in [1.165, 1.54) is 13.5 Å². The molecule has 2 aromatic rings. The molecule has 2 heterocycles. The SMILES string of the molecule is COC(=O)c1nccc(/C=C\B2OC3CC4C[C@H](C4(C)C)[C@]3(C)O2)c1OCc1ccccc1. The third-order valence-electron chi connectivity index (χ3n) is 7.94. The summed E-state index contributed by atoms with van der Waals surface area (Å²) < 4.78 is 23.7. The van der Waals surface area contributed by atoms with E-state index in [4.69, 9.17) is 18.8 Å². The minimum absolute atomic E-state index is 0.112. The molecule has 1 saturated heterocycles. The molecular weight excluding hydrogens is 417 g/mol. The second-order valence-corrected chi connectivity index (χ2v) is 10.0. The number of carbonyl (C=O) groups excluding carboxylic acids is 1. The highest BCUT2D eigenvalue weighted by Gasteiger charge is 2.67. The topological polar surface area (TPSA) is 66.9 Å². The summed E-state index contributed by atoms with van der Waals surface area (Å²) in [6, 6.07) is 11.6. The van der Waals surface area contributed by atoms with Crippen LogP contribution in [0, 0.1) is 17.3 Å². The molecule has 6 nitrogen and oxygen atoms in total. The van der Waals surface area contributed by atoms with Crippen molar-refractivity contribution in [2.45, 2.75) is 51.9 Å². The minimum Gasteiger partial charge on any atom is -0.486 e. The van der Waals surface area contributed by atoms with Crippen molar-refractivity contribution in [1.82, 2.24) is 4.98 Å². The minimum atomic E-state index is -0.540. The van der Waals surface area contributed by atoms with Gasteiger partial charge in [-0.25, -0.2) is 9.78 Å². The number of carbonyl (C=O) groups is 1. The molecule has 3 aliphatic carbocycles. The third kappa shape index (κ3) is 3.77. The number of rotatable bonds is 6. The molecule has 0 N–H and O–H groups in total. The number of aromatic nitrogens is 1. The van der Waals surface area contributed by atoms with E-state index in [2.05, 4.69) is 25.8 Å². The van der Waals surface area contributed by atoms with Crippen LogP contribution in [0.15, 0.2) is 48.6 Å². The van der Waals surface area contributed by atoms with Gasteiger partial charge in [0.15, 0.2) is 11.4 Å². The number of ether oxygens (including phenoxy) is 2. The van der Waals surface area contributed by atoms with Crippen LogP contribution >= 0.6 is 0 Å². The van der Waals surface area contributed by atoms with Crippen LogP contribution in [0.2, 0.25) is 0 Å². The van der Waals surface area contributed by atoms with Crippen LogP contribution in [-0.2, 0) is 20.7 Å². The second-order valence-electron chi connectivity index (χ2n) is 10.0. The van der Waals surface area contributed by atoms with Crippen LogP contribution in [0.1, 0.15) is 55.2 Å². The predicted octanol–water partition coefficient (Wildman–Crippen LogP) is 4.73. The zero-order chi connectivity index (χ0) is 23.2. The van der Waals surface area contributed by atoms with Crippen molar-refractivity contribution in [1.29, 1.82) is 0 Å². The van der Waals surface area contributed by atoms with Crippen LogP contribution in [0.5, 0.6) is 5.75 Å². The summed E-state index contributed by atoms with van der Waals surface area (Å²) in [5, 5.41) is 0. The lowest BCUT2D eigenvalue weighted by Crippen LogP contribution is -2.65. The van der Waals surface area contributed by atoms with Gasteiger partial charge in [0.2, 0.25) is 0 Å². The molecule has 1 aromatic carbocycles. The Morgan fingerprint density at radius 3 is 2.73 bits per heavy atom. The van der Waals surface area contributed by atoms with E-state index in [0.717, 1.165) is 17.5 Å². The van der Waals surface area contributed by atoms with E-state index in [1.807, 2.05) is 48.4 Å². The summed E-state index contributed by atoms with van der Waals surface area (Å²) in [5.41, 5.74) is 1.89. The van der Waals surface area contributed by atoms with Gasteiger partial charge in [-0.1, -0.05) is 56.2 Å². The Balaban J connectivity index is 1.37. The Hall–Kier alpha value is -2.64. The molecule has 1 aliphatic heterocycles. The largest absolute Gasteiger partial charge is 0.486 e. The first-order valence-electron chi connectivity index (χ1n) is 11.6. The third-order valence-corrected chi connectivity index (χ3v) is 7.94. The van der Waals surface area contributed by atoms with Gasteiger partial charge in [-0.05, 0) is 48.6 Å². The predicted molar refractivity (Wildman–Crippen MR) is 125 cm³/mol. The van der Waals surface area contributed by atoms with Gasteiger partial charge in [0.05, 0.1) is 18.8 Å². The van der Waals surface area contributed by atoms with Gasteiger partial charge in [-0.15, -0.1) is 0 Å². The van der Waals surface area contributed by atoms with Crippen molar-refractivity contribution in [3.8, 4) is 5.75 Å². The lowest BCUT2D eigenvalue weighted by Gasteiger charge is -2.64. The molecule has 4 atom stereocenters. The number of hydrogen-bond donors (Lipinski definition) is 0. The molecule has 0 radical (unpaired) electrons. The second kappa shape index (κ2) is 8.30. The number of benzene rings is 1. The fourth-order valence-corrected chi connectivity index (χ4v) is 5.88. The maximum absolute atomic E-state index is 12.3. The molecule has 4 aliphatic rings. The first-order chi connectivity index (χ1) is 15.8. The van der Waals surface area contributed by atoms with Gasteiger partial charge >= 0.3 is 13.1 Å². The molecule has 172 valence electrons. The maximum atomic E-state index is 12.3. The monoisotopic (exact) mass is 447 g/mol. The van der Waals surface area contributed by atoms with Crippen molar-refractivity contribution >= 4 is 19.2 Å². The summed E-state index contributed by atoms with van der Waals surface area (Å²) in [6.45, 7) is 7.21. The first-order valence-corrected chi connectivity index (χ1v) is 11.6.